The quantitative estimate of drug-likeness (QED) is 0.630. The zero-order valence-electron chi connectivity index (χ0n) is 10.7. The van der Waals surface area contributed by atoms with E-state index >= 15 is 0 Å². The molecule has 102 valence electrons. The summed E-state index contributed by atoms with van der Waals surface area (Å²) >= 11 is 0. The highest BCUT2D eigenvalue weighted by molar-refractivity contribution is 5.72. The van der Waals surface area contributed by atoms with Crippen LogP contribution < -0.4 is 5.32 Å². The molecule has 0 spiro atoms. The molecule has 0 saturated heterocycles. The number of nitrogens with one attached hydrogen (secondary N) is 1. The van der Waals surface area contributed by atoms with E-state index < -0.39 is 16.4 Å². The molecule has 19 heavy (non-hydrogen) atoms. The van der Waals surface area contributed by atoms with Gasteiger partial charge in [-0.3, -0.25) is 14.9 Å². The normalized spacial score (nSPS) is 16.5. The number of nitrogens with zero attached hydrogens (tertiary/aromatic N) is 1. The molecular weight excluding hydrogens is 248 g/mol. The summed E-state index contributed by atoms with van der Waals surface area (Å²) in [5, 5.41) is 23.1. The van der Waals surface area contributed by atoms with Gasteiger partial charge in [0.2, 0.25) is 0 Å². The Balaban J connectivity index is 2.30. The summed E-state index contributed by atoms with van der Waals surface area (Å²) in [5.74, 6) is -0.887. The van der Waals surface area contributed by atoms with Crippen molar-refractivity contribution in [2.45, 2.75) is 38.1 Å². The molecule has 0 aliphatic heterocycles. The second-order valence-electron chi connectivity index (χ2n) is 5.06. The van der Waals surface area contributed by atoms with E-state index in [2.05, 4.69) is 5.32 Å². The average Bonchev–Trinajstić information content (AvgIpc) is 2.24. The zero-order chi connectivity index (χ0) is 14.0. The minimum atomic E-state index is -0.887. The van der Waals surface area contributed by atoms with Crippen LogP contribution >= 0.6 is 0 Å². The van der Waals surface area contributed by atoms with Gasteiger partial charge in [-0.25, -0.2) is 0 Å². The molecule has 0 radical (unpaired) electrons. The Labute approximate surface area is 110 Å². The summed E-state index contributed by atoms with van der Waals surface area (Å²) in [5.41, 5.74) is 0.467. The minimum absolute atomic E-state index is 0.0158. The third-order valence-corrected chi connectivity index (χ3v) is 3.62. The number of hydrogen-bond acceptors (Lipinski definition) is 4. The number of nitro groups is 1. The molecule has 0 unspecified atom stereocenters. The lowest BCUT2D eigenvalue weighted by atomic mass is 9.74. The van der Waals surface area contributed by atoms with Crippen molar-refractivity contribution in [2.75, 3.05) is 5.32 Å². The Morgan fingerprint density at radius 1 is 1.53 bits per heavy atom. The first kappa shape index (κ1) is 13.3. The number of carbonyl (C=O) groups is 1. The molecule has 1 saturated carbocycles. The highest BCUT2D eigenvalue weighted by Gasteiger charge is 2.40. The van der Waals surface area contributed by atoms with E-state index in [0.29, 0.717) is 11.3 Å². The predicted molar refractivity (Wildman–Crippen MR) is 70.3 cm³/mol. The van der Waals surface area contributed by atoms with Crippen LogP contribution in [0.4, 0.5) is 11.4 Å². The summed E-state index contributed by atoms with van der Waals surface area (Å²) in [4.78, 5) is 21.6. The Morgan fingerprint density at radius 2 is 2.21 bits per heavy atom. The molecular formula is C13H16N2O4. The molecule has 1 aliphatic rings. The van der Waals surface area contributed by atoms with E-state index in [0.717, 1.165) is 19.3 Å². The van der Waals surface area contributed by atoms with E-state index in [1.54, 1.807) is 25.1 Å². The van der Waals surface area contributed by atoms with Crippen LogP contribution in [0.2, 0.25) is 0 Å². The number of benzene rings is 1. The van der Waals surface area contributed by atoms with E-state index in [4.69, 9.17) is 5.11 Å². The Morgan fingerprint density at radius 3 is 2.68 bits per heavy atom. The second-order valence-corrected chi connectivity index (χ2v) is 5.06. The van der Waals surface area contributed by atoms with Crippen LogP contribution in [0.15, 0.2) is 18.2 Å². The first-order chi connectivity index (χ1) is 8.93. The molecule has 0 atom stereocenters. The molecule has 1 aliphatic carbocycles. The SMILES string of the molecule is Cc1cccc(NC2(CC(=O)O)CCC2)c1[N+](=O)[O-]. The lowest BCUT2D eigenvalue weighted by Crippen LogP contribution is -2.46. The average molecular weight is 264 g/mol. The predicted octanol–water partition coefficient (Wildman–Crippen LogP) is 2.71. The number of hydrogen-bond donors (Lipinski definition) is 2. The van der Waals surface area contributed by atoms with E-state index in [1.807, 2.05) is 0 Å². The first-order valence-electron chi connectivity index (χ1n) is 6.17. The topological polar surface area (TPSA) is 92.5 Å². The summed E-state index contributed by atoms with van der Waals surface area (Å²) in [7, 11) is 0. The Hall–Kier alpha value is -2.11. The summed E-state index contributed by atoms with van der Waals surface area (Å²) < 4.78 is 0. The lowest BCUT2D eigenvalue weighted by Gasteiger charge is -2.42. The number of rotatable bonds is 5. The number of carboxylic acids is 1. The summed E-state index contributed by atoms with van der Waals surface area (Å²) in [6, 6.07) is 5.04. The van der Waals surface area contributed by atoms with Crippen molar-refractivity contribution in [2.24, 2.45) is 0 Å². The van der Waals surface area contributed by atoms with E-state index in [-0.39, 0.29) is 12.1 Å². The van der Waals surface area contributed by atoms with Crippen molar-refractivity contribution in [1.82, 2.24) is 0 Å². The number of aliphatic carboxylic acids is 1. The van der Waals surface area contributed by atoms with Gasteiger partial charge < -0.3 is 10.4 Å². The zero-order valence-corrected chi connectivity index (χ0v) is 10.7. The van der Waals surface area contributed by atoms with Gasteiger partial charge in [0, 0.05) is 11.1 Å². The Bertz CT molecular complexity index is 523. The largest absolute Gasteiger partial charge is 0.481 e. The number of carboxylic acid groups (broad SMARTS) is 1. The number of aryl methyl sites for hydroxylation is 1. The van der Waals surface area contributed by atoms with Gasteiger partial charge in [0.1, 0.15) is 5.69 Å². The first-order valence-corrected chi connectivity index (χ1v) is 6.17. The lowest BCUT2D eigenvalue weighted by molar-refractivity contribution is -0.384. The fraction of sp³-hybridized carbons (Fsp3) is 0.462. The van der Waals surface area contributed by atoms with Gasteiger partial charge in [-0.05, 0) is 32.3 Å². The van der Waals surface area contributed by atoms with Gasteiger partial charge in [0.05, 0.1) is 11.3 Å². The fourth-order valence-corrected chi connectivity index (χ4v) is 2.53. The van der Waals surface area contributed by atoms with Crippen molar-refractivity contribution in [3.05, 3.63) is 33.9 Å². The second kappa shape index (κ2) is 4.87. The maximum Gasteiger partial charge on any atom is 0.305 e. The van der Waals surface area contributed by atoms with Gasteiger partial charge in [-0.2, -0.15) is 0 Å². The molecule has 2 rings (SSSR count). The number of para-hydroxylation sites is 1. The van der Waals surface area contributed by atoms with Crippen LogP contribution in [0.5, 0.6) is 0 Å². The van der Waals surface area contributed by atoms with Gasteiger partial charge >= 0.3 is 5.97 Å². The van der Waals surface area contributed by atoms with Gasteiger partial charge in [0.15, 0.2) is 0 Å². The standard InChI is InChI=1S/C13H16N2O4/c1-9-4-2-5-10(12(9)15(18)19)14-13(6-3-7-13)8-11(16)17/h2,4-5,14H,3,6-8H2,1H3,(H,16,17). The van der Waals surface area contributed by atoms with Crippen molar-refractivity contribution in [1.29, 1.82) is 0 Å². The number of nitro benzene ring substituents is 1. The molecule has 0 heterocycles. The molecule has 0 amide bonds. The van der Waals surface area contributed by atoms with Gasteiger partial charge in [-0.1, -0.05) is 12.1 Å². The molecule has 0 bridgehead atoms. The fourth-order valence-electron chi connectivity index (χ4n) is 2.53. The maximum absolute atomic E-state index is 11.1. The van der Waals surface area contributed by atoms with Gasteiger partial charge in [-0.15, -0.1) is 0 Å². The third kappa shape index (κ3) is 2.67. The molecule has 1 fully saturated rings. The minimum Gasteiger partial charge on any atom is -0.481 e. The van der Waals surface area contributed by atoms with E-state index in [9.17, 15) is 14.9 Å². The van der Waals surface area contributed by atoms with Crippen molar-refractivity contribution in [3.63, 3.8) is 0 Å². The molecule has 2 N–H and O–H groups in total. The van der Waals surface area contributed by atoms with E-state index in [1.165, 1.54) is 0 Å². The Kier molecular flexibility index (Phi) is 3.42. The van der Waals surface area contributed by atoms with Crippen LogP contribution in [-0.4, -0.2) is 21.5 Å². The highest BCUT2D eigenvalue weighted by atomic mass is 16.6. The maximum atomic E-state index is 11.1. The van der Waals surface area contributed by atoms with Gasteiger partial charge in [0.25, 0.3) is 5.69 Å². The number of anilines is 1. The smallest absolute Gasteiger partial charge is 0.305 e. The third-order valence-electron chi connectivity index (χ3n) is 3.62. The summed E-state index contributed by atoms with van der Waals surface area (Å²) in [6.45, 7) is 1.67. The summed E-state index contributed by atoms with van der Waals surface area (Å²) in [6.07, 6.45) is 2.38. The molecule has 0 aromatic heterocycles. The van der Waals surface area contributed by atoms with Crippen molar-refractivity contribution >= 4 is 17.3 Å². The molecule has 1 aromatic rings. The van der Waals surface area contributed by atoms with Crippen LogP contribution in [-0.2, 0) is 4.79 Å². The molecule has 6 heteroatoms. The molecule has 6 nitrogen and oxygen atoms in total. The monoisotopic (exact) mass is 264 g/mol. The van der Waals surface area contributed by atoms with Crippen LogP contribution in [0.3, 0.4) is 0 Å². The van der Waals surface area contributed by atoms with Crippen LogP contribution in [0, 0.1) is 17.0 Å². The molecule has 1 aromatic carbocycles. The van der Waals surface area contributed by atoms with Crippen molar-refractivity contribution < 1.29 is 14.8 Å². The van der Waals surface area contributed by atoms with Crippen molar-refractivity contribution in [3.8, 4) is 0 Å². The highest BCUT2D eigenvalue weighted by Crippen LogP contribution is 2.40. The van der Waals surface area contributed by atoms with Crippen LogP contribution in [0.25, 0.3) is 0 Å². The van der Waals surface area contributed by atoms with Crippen LogP contribution in [0.1, 0.15) is 31.2 Å².